The van der Waals surface area contributed by atoms with Crippen LogP contribution in [0.15, 0.2) is 61.2 Å². The normalized spacial score (nSPS) is 9.94. The highest BCUT2D eigenvalue weighted by Crippen LogP contribution is 2.06. The maximum Gasteiger partial charge on any atom is 0.120 e. The molecule has 2 heteroatoms. The van der Waals surface area contributed by atoms with Crippen LogP contribution in [0.4, 0.5) is 5.69 Å². The van der Waals surface area contributed by atoms with Crippen LogP contribution in [-0.4, -0.2) is 6.29 Å². The maximum atomic E-state index is 9.94. The van der Waals surface area contributed by atoms with E-state index in [4.69, 9.17) is 5.73 Å². The standard InChI is InChI=1S/C9H12O.C7H9N/c1-3-6-9(4-2)7-5-8-10;1-6-4-2-3-5-7(6)8/h3-4,6,8H,1-2,5,7H2;2-5H,8H2,1H3/b9-6+;. The number of rotatable bonds is 5. The number of hydrogen-bond donors (Lipinski definition) is 1. The van der Waals surface area contributed by atoms with Crippen LogP contribution in [0, 0.1) is 6.92 Å². The quantitative estimate of drug-likeness (QED) is 0.485. The summed E-state index contributed by atoms with van der Waals surface area (Å²) in [7, 11) is 0. The fourth-order valence-corrected chi connectivity index (χ4v) is 1.22. The Labute approximate surface area is 110 Å². The van der Waals surface area contributed by atoms with E-state index in [1.54, 1.807) is 12.2 Å². The highest BCUT2D eigenvalue weighted by molar-refractivity contribution is 5.50. The zero-order valence-corrected chi connectivity index (χ0v) is 10.9. The van der Waals surface area contributed by atoms with Crippen molar-refractivity contribution in [2.45, 2.75) is 19.8 Å². The molecule has 96 valence electrons. The fraction of sp³-hybridized carbons (Fsp3) is 0.188. The number of nitrogen functional groups attached to an aromatic ring is 1. The Hall–Kier alpha value is -2.09. The SMILES string of the molecule is C=C/C=C(\C=C)CCC=O.Cc1ccccc1N. The molecule has 0 aromatic heterocycles. The van der Waals surface area contributed by atoms with Gasteiger partial charge in [0.05, 0.1) is 0 Å². The molecule has 0 radical (unpaired) electrons. The second-order valence-corrected chi connectivity index (χ2v) is 3.74. The van der Waals surface area contributed by atoms with E-state index in [2.05, 4.69) is 13.2 Å². The summed E-state index contributed by atoms with van der Waals surface area (Å²) < 4.78 is 0. The third-order valence-electron chi connectivity index (χ3n) is 2.33. The number of hydrogen-bond acceptors (Lipinski definition) is 2. The molecule has 0 amide bonds. The average molecular weight is 243 g/mol. The topological polar surface area (TPSA) is 43.1 Å². The molecule has 0 aliphatic rings. The van der Waals surface area contributed by atoms with Crippen LogP contribution in [0.3, 0.4) is 0 Å². The maximum absolute atomic E-state index is 9.94. The molecule has 0 fully saturated rings. The van der Waals surface area contributed by atoms with Gasteiger partial charge < -0.3 is 10.5 Å². The minimum Gasteiger partial charge on any atom is -0.399 e. The van der Waals surface area contributed by atoms with Gasteiger partial charge in [-0.15, -0.1) is 0 Å². The molecule has 0 saturated heterocycles. The van der Waals surface area contributed by atoms with Crippen molar-refractivity contribution in [2.24, 2.45) is 0 Å². The summed E-state index contributed by atoms with van der Waals surface area (Å²) in [4.78, 5) is 9.94. The Balaban J connectivity index is 0.000000327. The van der Waals surface area contributed by atoms with Crippen LogP contribution >= 0.6 is 0 Å². The van der Waals surface area contributed by atoms with Crippen LogP contribution in [0.1, 0.15) is 18.4 Å². The first-order valence-corrected chi connectivity index (χ1v) is 5.84. The molecule has 1 aromatic carbocycles. The number of nitrogens with two attached hydrogens (primary N) is 1. The zero-order valence-electron chi connectivity index (χ0n) is 10.9. The molecule has 0 bridgehead atoms. The largest absolute Gasteiger partial charge is 0.399 e. The molecule has 18 heavy (non-hydrogen) atoms. The van der Waals surface area contributed by atoms with Gasteiger partial charge in [0.15, 0.2) is 0 Å². The van der Waals surface area contributed by atoms with Gasteiger partial charge in [-0.1, -0.05) is 49.6 Å². The lowest BCUT2D eigenvalue weighted by Crippen LogP contribution is -1.85. The van der Waals surface area contributed by atoms with E-state index in [9.17, 15) is 4.79 Å². The number of aryl methyl sites for hydroxylation is 1. The van der Waals surface area contributed by atoms with E-state index < -0.39 is 0 Å². The Kier molecular flexibility index (Phi) is 8.92. The lowest BCUT2D eigenvalue weighted by Gasteiger charge is -1.93. The summed E-state index contributed by atoms with van der Waals surface area (Å²) in [5.74, 6) is 0. The predicted octanol–water partition coefficient (Wildman–Crippen LogP) is 3.84. The number of anilines is 1. The van der Waals surface area contributed by atoms with Crippen molar-refractivity contribution in [3.63, 3.8) is 0 Å². The van der Waals surface area contributed by atoms with Crippen LogP contribution in [0.25, 0.3) is 0 Å². The molecular weight excluding hydrogens is 222 g/mol. The van der Waals surface area contributed by atoms with E-state index >= 15 is 0 Å². The second-order valence-electron chi connectivity index (χ2n) is 3.74. The number of allylic oxidation sites excluding steroid dienone is 4. The first-order chi connectivity index (χ1) is 8.65. The van der Waals surface area contributed by atoms with E-state index in [-0.39, 0.29) is 0 Å². The van der Waals surface area contributed by atoms with E-state index in [0.717, 1.165) is 29.5 Å². The first-order valence-electron chi connectivity index (χ1n) is 5.84. The second kappa shape index (κ2) is 10.1. The van der Waals surface area contributed by atoms with Crippen molar-refractivity contribution in [1.29, 1.82) is 0 Å². The summed E-state index contributed by atoms with van der Waals surface area (Å²) in [5.41, 5.74) is 8.59. The zero-order chi connectivity index (χ0) is 13.8. The lowest BCUT2D eigenvalue weighted by atomic mass is 10.1. The fourth-order valence-electron chi connectivity index (χ4n) is 1.22. The van der Waals surface area contributed by atoms with Crippen LogP contribution in [0.2, 0.25) is 0 Å². The summed E-state index contributed by atoms with van der Waals surface area (Å²) in [6.07, 6.45) is 7.52. The molecule has 0 aliphatic carbocycles. The first kappa shape index (κ1) is 15.9. The number of aldehydes is 1. The number of benzene rings is 1. The van der Waals surface area contributed by atoms with Crippen molar-refractivity contribution >= 4 is 12.0 Å². The van der Waals surface area contributed by atoms with Crippen molar-refractivity contribution in [3.05, 3.63) is 66.8 Å². The summed E-state index contributed by atoms with van der Waals surface area (Å²) in [6.45, 7) is 9.14. The molecule has 0 aliphatic heterocycles. The molecular formula is C16H21NO. The van der Waals surface area contributed by atoms with E-state index in [1.165, 1.54) is 0 Å². The van der Waals surface area contributed by atoms with Gasteiger partial charge in [0.25, 0.3) is 0 Å². The lowest BCUT2D eigenvalue weighted by molar-refractivity contribution is -0.107. The molecule has 1 rings (SSSR count). The Morgan fingerprint density at radius 1 is 1.33 bits per heavy atom. The van der Waals surface area contributed by atoms with Crippen LogP contribution < -0.4 is 5.73 Å². The molecule has 1 aromatic rings. The molecule has 2 nitrogen and oxygen atoms in total. The van der Waals surface area contributed by atoms with Crippen molar-refractivity contribution in [2.75, 3.05) is 5.73 Å². The third-order valence-corrected chi connectivity index (χ3v) is 2.33. The molecule has 0 spiro atoms. The summed E-state index contributed by atoms with van der Waals surface area (Å²) in [6, 6.07) is 7.80. The molecule has 0 atom stereocenters. The summed E-state index contributed by atoms with van der Waals surface area (Å²) >= 11 is 0. The highest BCUT2D eigenvalue weighted by Gasteiger charge is 1.87. The molecule has 2 N–H and O–H groups in total. The van der Waals surface area contributed by atoms with Gasteiger partial charge in [-0.2, -0.15) is 0 Å². The van der Waals surface area contributed by atoms with Gasteiger partial charge in [-0.25, -0.2) is 0 Å². The Bertz CT molecular complexity index is 398. The molecule has 0 unspecified atom stereocenters. The van der Waals surface area contributed by atoms with Crippen molar-refractivity contribution < 1.29 is 4.79 Å². The molecule has 0 heterocycles. The minimum absolute atomic E-state index is 0.561. The van der Waals surface area contributed by atoms with Gasteiger partial charge >= 0.3 is 0 Å². The van der Waals surface area contributed by atoms with Gasteiger partial charge in [0, 0.05) is 12.1 Å². The van der Waals surface area contributed by atoms with Gasteiger partial charge in [0.1, 0.15) is 6.29 Å². The van der Waals surface area contributed by atoms with Crippen LogP contribution in [0.5, 0.6) is 0 Å². The van der Waals surface area contributed by atoms with Gasteiger partial charge in [-0.05, 0) is 30.5 Å². The number of para-hydroxylation sites is 1. The van der Waals surface area contributed by atoms with Crippen molar-refractivity contribution in [3.8, 4) is 0 Å². The number of carbonyl (C=O) groups is 1. The number of carbonyl (C=O) groups excluding carboxylic acids is 1. The van der Waals surface area contributed by atoms with Gasteiger partial charge in [0.2, 0.25) is 0 Å². The highest BCUT2D eigenvalue weighted by atomic mass is 16.1. The van der Waals surface area contributed by atoms with Crippen LogP contribution in [-0.2, 0) is 4.79 Å². The third kappa shape index (κ3) is 7.23. The smallest absolute Gasteiger partial charge is 0.120 e. The predicted molar refractivity (Wildman–Crippen MR) is 79.4 cm³/mol. The molecule has 0 saturated carbocycles. The van der Waals surface area contributed by atoms with Gasteiger partial charge in [-0.3, -0.25) is 0 Å². The van der Waals surface area contributed by atoms with E-state index in [1.807, 2.05) is 37.3 Å². The Morgan fingerprint density at radius 2 is 2.00 bits per heavy atom. The van der Waals surface area contributed by atoms with Crippen molar-refractivity contribution in [1.82, 2.24) is 0 Å². The summed E-state index contributed by atoms with van der Waals surface area (Å²) in [5, 5.41) is 0. The Morgan fingerprint density at radius 3 is 2.39 bits per heavy atom. The minimum atomic E-state index is 0.561. The average Bonchev–Trinajstić information content (AvgIpc) is 2.39. The van der Waals surface area contributed by atoms with E-state index in [0.29, 0.717) is 6.42 Å². The monoisotopic (exact) mass is 243 g/mol.